The molecule has 0 heterocycles. The lowest BCUT2D eigenvalue weighted by Gasteiger charge is -2.09. The van der Waals surface area contributed by atoms with Crippen molar-refractivity contribution in [1.29, 1.82) is 0 Å². The third-order valence-corrected chi connectivity index (χ3v) is 2.02. The Labute approximate surface area is 94.0 Å². The molecular weight excluding hydrogens is 208 g/mol. The summed E-state index contributed by atoms with van der Waals surface area (Å²) < 4.78 is 4.98. The van der Waals surface area contributed by atoms with Crippen molar-refractivity contribution in [2.45, 2.75) is 6.92 Å². The highest BCUT2D eigenvalue weighted by molar-refractivity contribution is 5.91. The van der Waals surface area contributed by atoms with E-state index >= 15 is 0 Å². The molecule has 1 rings (SSSR count). The van der Waals surface area contributed by atoms with Crippen LogP contribution in [0.15, 0.2) is 18.2 Å². The van der Waals surface area contributed by atoms with Gasteiger partial charge in [0.15, 0.2) is 0 Å². The maximum absolute atomic E-state index is 11.6. The molecule has 0 amide bonds. The quantitative estimate of drug-likeness (QED) is 0.515. The van der Waals surface area contributed by atoms with Crippen LogP contribution < -0.4 is 11.5 Å². The van der Waals surface area contributed by atoms with E-state index in [0.29, 0.717) is 16.9 Å². The summed E-state index contributed by atoms with van der Waals surface area (Å²) in [7, 11) is 0. The summed E-state index contributed by atoms with van der Waals surface area (Å²) in [6, 6.07) is 4.57. The van der Waals surface area contributed by atoms with Gasteiger partial charge in [-0.1, -0.05) is 6.92 Å². The van der Waals surface area contributed by atoms with E-state index in [0.717, 1.165) is 0 Å². The highest BCUT2D eigenvalue weighted by Gasteiger charge is 2.10. The van der Waals surface area contributed by atoms with Crippen molar-refractivity contribution in [2.75, 3.05) is 24.7 Å². The van der Waals surface area contributed by atoms with Gasteiger partial charge in [0.25, 0.3) is 0 Å². The number of esters is 1. The van der Waals surface area contributed by atoms with E-state index < -0.39 is 5.97 Å². The molecule has 0 bridgehead atoms. The number of benzene rings is 1. The molecule has 0 aliphatic rings. The smallest absolute Gasteiger partial charge is 0.338 e. The molecule has 1 aromatic rings. The fourth-order valence-corrected chi connectivity index (χ4v) is 1.15. The van der Waals surface area contributed by atoms with E-state index in [9.17, 15) is 4.79 Å². The molecule has 0 aliphatic carbocycles. The topological polar surface area (TPSA) is 98.6 Å². The minimum atomic E-state index is -0.487. The molecule has 0 fully saturated rings. The molecule has 0 saturated heterocycles. The lowest BCUT2D eigenvalue weighted by atomic mass is 10.2. The van der Waals surface area contributed by atoms with Crippen LogP contribution in [-0.2, 0) is 4.74 Å². The molecule has 1 aromatic carbocycles. The summed E-state index contributed by atoms with van der Waals surface area (Å²) >= 11 is 0. The summed E-state index contributed by atoms with van der Waals surface area (Å²) in [5, 5.41) is 8.78. The summed E-state index contributed by atoms with van der Waals surface area (Å²) in [6.07, 6.45) is 0. The minimum Gasteiger partial charge on any atom is -0.462 e. The van der Waals surface area contributed by atoms with Crippen LogP contribution in [0.3, 0.4) is 0 Å². The van der Waals surface area contributed by atoms with Gasteiger partial charge < -0.3 is 21.3 Å². The number of rotatable bonds is 4. The van der Waals surface area contributed by atoms with Crippen molar-refractivity contribution in [3.63, 3.8) is 0 Å². The maximum Gasteiger partial charge on any atom is 0.338 e. The molecular formula is C11H16N2O3. The molecule has 16 heavy (non-hydrogen) atoms. The number of carbonyl (C=O) groups is 1. The predicted octanol–water partition coefficient (Wildman–Crippen LogP) is 0.636. The molecule has 0 aromatic heterocycles. The van der Waals surface area contributed by atoms with Crippen molar-refractivity contribution in [1.82, 2.24) is 0 Å². The van der Waals surface area contributed by atoms with Crippen LogP contribution >= 0.6 is 0 Å². The van der Waals surface area contributed by atoms with Crippen LogP contribution in [0.1, 0.15) is 17.3 Å². The Morgan fingerprint density at radius 1 is 1.38 bits per heavy atom. The van der Waals surface area contributed by atoms with Gasteiger partial charge in [-0.3, -0.25) is 0 Å². The Morgan fingerprint density at radius 3 is 2.44 bits per heavy atom. The predicted molar refractivity (Wildman–Crippen MR) is 61.8 cm³/mol. The number of nitrogens with two attached hydrogens (primary N) is 2. The number of aliphatic hydroxyl groups is 1. The molecule has 0 saturated carbocycles. The van der Waals surface area contributed by atoms with Crippen molar-refractivity contribution in [3.05, 3.63) is 23.8 Å². The Hall–Kier alpha value is -1.75. The Bertz CT molecular complexity index is 359. The van der Waals surface area contributed by atoms with E-state index in [2.05, 4.69) is 0 Å². The highest BCUT2D eigenvalue weighted by atomic mass is 16.5. The zero-order chi connectivity index (χ0) is 12.1. The number of hydrogen-bond acceptors (Lipinski definition) is 5. The average molecular weight is 224 g/mol. The van der Waals surface area contributed by atoms with Gasteiger partial charge in [-0.15, -0.1) is 0 Å². The standard InChI is InChI=1S/C11H16N2O3/c1-7(5-14)6-16-11(15)8-2-9(12)4-10(13)3-8/h2-4,7,14H,5-6,12-13H2,1H3. The number of aliphatic hydroxyl groups excluding tert-OH is 1. The second kappa shape index (κ2) is 5.37. The maximum atomic E-state index is 11.6. The number of anilines is 2. The van der Waals surface area contributed by atoms with Crippen LogP contribution in [-0.4, -0.2) is 24.3 Å². The number of ether oxygens (including phenoxy) is 1. The number of carbonyl (C=O) groups excluding carboxylic acids is 1. The molecule has 1 atom stereocenters. The first-order valence-corrected chi connectivity index (χ1v) is 4.97. The molecule has 5 N–H and O–H groups in total. The monoisotopic (exact) mass is 224 g/mol. The van der Waals surface area contributed by atoms with Gasteiger partial charge in [0, 0.05) is 23.9 Å². The Balaban J connectivity index is 2.66. The first-order chi connectivity index (χ1) is 7.52. The van der Waals surface area contributed by atoms with E-state index in [-0.39, 0.29) is 19.1 Å². The fraction of sp³-hybridized carbons (Fsp3) is 0.364. The van der Waals surface area contributed by atoms with E-state index in [4.69, 9.17) is 21.3 Å². The van der Waals surface area contributed by atoms with Crippen molar-refractivity contribution in [3.8, 4) is 0 Å². The first kappa shape index (κ1) is 12.3. The molecule has 5 heteroatoms. The zero-order valence-corrected chi connectivity index (χ0v) is 9.14. The third-order valence-electron chi connectivity index (χ3n) is 2.02. The molecule has 0 radical (unpaired) electrons. The summed E-state index contributed by atoms with van der Waals surface area (Å²) in [5.41, 5.74) is 12.3. The van der Waals surface area contributed by atoms with Gasteiger partial charge in [-0.2, -0.15) is 0 Å². The summed E-state index contributed by atoms with van der Waals surface area (Å²) in [6.45, 7) is 1.93. The van der Waals surface area contributed by atoms with Crippen molar-refractivity contribution < 1.29 is 14.6 Å². The van der Waals surface area contributed by atoms with Crippen LogP contribution in [0.25, 0.3) is 0 Å². The van der Waals surface area contributed by atoms with E-state index in [1.54, 1.807) is 13.0 Å². The van der Waals surface area contributed by atoms with Gasteiger partial charge in [0.1, 0.15) is 0 Å². The molecule has 88 valence electrons. The minimum absolute atomic E-state index is 0.0215. The number of hydrogen-bond donors (Lipinski definition) is 3. The number of nitrogen functional groups attached to an aromatic ring is 2. The van der Waals surface area contributed by atoms with Gasteiger partial charge in [0.05, 0.1) is 12.2 Å². The zero-order valence-electron chi connectivity index (χ0n) is 9.14. The van der Waals surface area contributed by atoms with Crippen LogP contribution in [0.2, 0.25) is 0 Å². The molecule has 1 unspecified atom stereocenters. The van der Waals surface area contributed by atoms with Crippen LogP contribution in [0.5, 0.6) is 0 Å². The Kier molecular flexibility index (Phi) is 4.13. The molecule has 0 spiro atoms. The molecule has 0 aliphatic heterocycles. The summed E-state index contributed by atoms with van der Waals surface area (Å²) in [5.74, 6) is -0.568. The van der Waals surface area contributed by atoms with Gasteiger partial charge >= 0.3 is 5.97 Å². The highest BCUT2D eigenvalue weighted by Crippen LogP contribution is 2.14. The SMILES string of the molecule is CC(CO)COC(=O)c1cc(N)cc(N)c1. The summed E-state index contributed by atoms with van der Waals surface area (Å²) in [4.78, 5) is 11.6. The first-order valence-electron chi connectivity index (χ1n) is 4.97. The van der Waals surface area contributed by atoms with Crippen molar-refractivity contribution in [2.24, 2.45) is 5.92 Å². The van der Waals surface area contributed by atoms with Gasteiger partial charge in [0.2, 0.25) is 0 Å². The Morgan fingerprint density at radius 2 is 1.94 bits per heavy atom. The van der Waals surface area contributed by atoms with E-state index in [1.165, 1.54) is 12.1 Å². The largest absolute Gasteiger partial charge is 0.462 e. The average Bonchev–Trinajstić information content (AvgIpc) is 2.23. The van der Waals surface area contributed by atoms with Crippen molar-refractivity contribution >= 4 is 17.3 Å². The lowest BCUT2D eigenvalue weighted by molar-refractivity contribution is 0.0405. The van der Waals surface area contributed by atoms with Gasteiger partial charge in [-0.25, -0.2) is 4.79 Å². The van der Waals surface area contributed by atoms with Crippen LogP contribution in [0, 0.1) is 5.92 Å². The van der Waals surface area contributed by atoms with E-state index in [1.807, 2.05) is 0 Å². The normalized spacial score (nSPS) is 12.1. The molecule has 5 nitrogen and oxygen atoms in total. The fourth-order valence-electron chi connectivity index (χ4n) is 1.15. The second-order valence-electron chi connectivity index (χ2n) is 3.77. The second-order valence-corrected chi connectivity index (χ2v) is 3.77. The van der Waals surface area contributed by atoms with Gasteiger partial charge in [-0.05, 0) is 18.2 Å². The lowest BCUT2D eigenvalue weighted by Crippen LogP contribution is -2.15. The third kappa shape index (κ3) is 3.43. The van der Waals surface area contributed by atoms with Crippen LogP contribution in [0.4, 0.5) is 11.4 Å².